The number of rotatable bonds is 4. The molecule has 6 heteroatoms. The van der Waals surface area contributed by atoms with Gasteiger partial charge in [-0.1, -0.05) is 18.3 Å². The van der Waals surface area contributed by atoms with Crippen molar-refractivity contribution in [2.24, 2.45) is 0 Å². The molecule has 4 nitrogen and oxygen atoms in total. The lowest BCUT2D eigenvalue weighted by molar-refractivity contribution is 0.618. The maximum absolute atomic E-state index is 13.1. The van der Waals surface area contributed by atoms with Crippen molar-refractivity contribution in [3.63, 3.8) is 0 Å². The Morgan fingerprint density at radius 2 is 2.21 bits per heavy atom. The predicted octanol–water partition coefficient (Wildman–Crippen LogP) is 3.91. The number of fused-ring (bicyclic) bond motifs is 1. The van der Waals surface area contributed by atoms with Crippen LogP contribution in [0, 0.1) is 5.82 Å². The Bertz CT molecular complexity index is 707. The van der Waals surface area contributed by atoms with Gasteiger partial charge in [0.2, 0.25) is 5.13 Å². The number of nitrogens with zero attached hydrogens (tertiary/aromatic N) is 2. The van der Waals surface area contributed by atoms with E-state index in [0.29, 0.717) is 16.4 Å². The van der Waals surface area contributed by atoms with Crippen LogP contribution in [0.3, 0.4) is 0 Å². The van der Waals surface area contributed by atoms with E-state index in [1.165, 1.54) is 23.5 Å². The fraction of sp³-hybridized carbons (Fsp3) is 0.231. The average Bonchev–Trinajstić information content (AvgIpc) is 3.01. The van der Waals surface area contributed by atoms with Crippen LogP contribution in [0.4, 0.5) is 9.52 Å². The van der Waals surface area contributed by atoms with E-state index >= 15 is 0 Å². The first-order valence-corrected chi connectivity index (χ1v) is 6.85. The minimum absolute atomic E-state index is 0.276. The van der Waals surface area contributed by atoms with Gasteiger partial charge in [-0.2, -0.15) is 0 Å². The molecule has 3 aromatic rings. The molecule has 0 unspecified atom stereocenters. The first kappa shape index (κ1) is 12.1. The van der Waals surface area contributed by atoms with Gasteiger partial charge in [-0.05, 0) is 30.7 Å². The summed E-state index contributed by atoms with van der Waals surface area (Å²) in [5.41, 5.74) is 0.648. The molecule has 3 rings (SSSR count). The summed E-state index contributed by atoms with van der Waals surface area (Å²) in [5.74, 6) is 0.338. The number of furan rings is 1. The van der Waals surface area contributed by atoms with Crippen molar-refractivity contribution in [1.29, 1.82) is 0 Å². The van der Waals surface area contributed by atoms with Crippen LogP contribution in [0.2, 0.25) is 0 Å². The van der Waals surface area contributed by atoms with E-state index in [4.69, 9.17) is 4.42 Å². The zero-order valence-corrected chi connectivity index (χ0v) is 11.1. The first-order chi connectivity index (χ1) is 9.26. The van der Waals surface area contributed by atoms with E-state index in [-0.39, 0.29) is 5.82 Å². The maximum Gasteiger partial charge on any atom is 0.206 e. The summed E-state index contributed by atoms with van der Waals surface area (Å²) in [4.78, 5) is 0. The number of anilines is 1. The quantitative estimate of drug-likeness (QED) is 0.785. The second-order valence-electron chi connectivity index (χ2n) is 4.13. The third kappa shape index (κ3) is 2.44. The zero-order chi connectivity index (χ0) is 13.2. The molecule has 0 aliphatic rings. The van der Waals surface area contributed by atoms with E-state index < -0.39 is 0 Å². The maximum atomic E-state index is 13.1. The standard InChI is InChI=1S/C13H12FN3OS/c1-2-5-15-13-17-16-12(19-13)11-7-8-6-9(14)3-4-10(8)18-11/h3-4,6-7H,2,5H2,1H3,(H,15,17). The van der Waals surface area contributed by atoms with E-state index in [1.807, 2.05) is 0 Å². The molecule has 2 heterocycles. The monoisotopic (exact) mass is 277 g/mol. The molecule has 0 aliphatic carbocycles. The van der Waals surface area contributed by atoms with Gasteiger partial charge in [-0.15, -0.1) is 10.2 Å². The van der Waals surface area contributed by atoms with E-state index in [2.05, 4.69) is 22.4 Å². The molecule has 98 valence electrons. The molecule has 0 saturated carbocycles. The number of benzene rings is 1. The molecular weight excluding hydrogens is 265 g/mol. The van der Waals surface area contributed by atoms with E-state index in [9.17, 15) is 4.39 Å². The molecule has 0 amide bonds. The summed E-state index contributed by atoms with van der Waals surface area (Å²) in [6, 6.07) is 6.22. The highest BCUT2D eigenvalue weighted by Gasteiger charge is 2.12. The summed E-state index contributed by atoms with van der Waals surface area (Å²) < 4.78 is 18.8. The molecule has 0 spiro atoms. The molecule has 0 radical (unpaired) electrons. The number of hydrogen-bond donors (Lipinski definition) is 1. The Balaban J connectivity index is 1.92. The molecule has 0 fully saturated rings. The topological polar surface area (TPSA) is 51.0 Å². The summed E-state index contributed by atoms with van der Waals surface area (Å²) >= 11 is 1.42. The molecule has 0 saturated heterocycles. The number of nitrogens with one attached hydrogen (secondary N) is 1. The smallest absolute Gasteiger partial charge is 0.206 e. The Hall–Kier alpha value is -1.95. The highest BCUT2D eigenvalue weighted by atomic mass is 32.1. The van der Waals surface area contributed by atoms with E-state index in [1.54, 1.807) is 12.1 Å². The highest BCUT2D eigenvalue weighted by Crippen LogP contribution is 2.31. The second kappa shape index (κ2) is 4.97. The minimum atomic E-state index is -0.276. The van der Waals surface area contributed by atoms with Gasteiger partial charge < -0.3 is 9.73 Å². The van der Waals surface area contributed by atoms with Gasteiger partial charge in [-0.3, -0.25) is 0 Å². The lowest BCUT2D eigenvalue weighted by atomic mass is 10.2. The van der Waals surface area contributed by atoms with Crippen LogP contribution in [-0.2, 0) is 0 Å². The van der Waals surface area contributed by atoms with Crippen molar-refractivity contribution in [2.75, 3.05) is 11.9 Å². The summed E-state index contributed by atoms with van der Waals surface area (Å²) in [5, 5.41) is 13.5. The third-order valence-electron chi connectivity index (χ3n) is 2.64. The normalized spacial score (nSPS) is 11.1. The highest BCUT2D eigenvalue weighted by molar-refractivity contribution is 7.18. The largest absolute Gasteiger partial charge is 0.453 e. The van der Waals surface area contributed by atoms with Crippen molar-refractivity contribution >= 4 is 27.4 Å². The van der Waals surface area contributed by atoms with E-state index in [0.717, 1.165) is 23.5 Å². The summed E-state index contributed by atoms with van der Waals surface area (Å²) in [6.45, 7) is 2.95. The lowest BCUT2D eigenvalue weighted by Crippen LogP contribution is -1.98. The van der Waals surface area contributed by atoms with Gasteiger partial charge in [0.05, 0.1) is 0 Å². The van der Waals surface area contributed by atoms with Crippen LogP contribution in [0.1, 0.15) is 13.3 Å². The van der Waals surface area contributed by atoms with Gasteiger partial charge in [0.1, 0.15) is 11.4 Å². The second-order valence-corrected chi connectivity index (χ2v) is 5.11. The Morgan fingerprint density at radius 1 is 1.32 bits per heavy atom. The summed E-state index contributed by atoms with van der Waals surface area (Å²) in [6.07, 6.45) is 1.03. The first-order valence-electron chi connectivity index (χ1n) is 6.03. The van der Waals surface area contributed by atoms with Gasteiger partial charge in [0, 0.05) is 11.9 Å². The Kier molecular flexibility index (Phi) is 3.16. The number of aromatic nitrogens is 2. The van der Waals surface area contributed by atoms with Gasteiger partial charge in [-0.25, -0.2) is 4.39 Å². The van der Waals surface area contributed by atoms with Crippen molar-refractivity contribution in [2.45, 2.75) is 13.3 Å². The Labute approximate surface area is 113 Å². The van der Waals surface area contributed by atoms with Gasteiger partial charge >= 0.3 is 0 Å². The molecule has 0 aliphatic heterocycles. The zero-order valence-electron chi connectivity index (χ0n) is 10.3. The van der Waals surface area contributed by atoms with Crippen LogP contribution < -0.4 is 5.32 Å². The third-order valence-corrected chi connectivity index (χ3v) is 3.54. The molecule has 19 heavy (non-hydrogen) atoms. The molecule has 0 bridgehead atoms. The average molecular weight is 277 g/mol. The molecule has 2 aromatic heterocycles. The van der Waals surface area contributed by atoms with Crippen LogP contribution in [0.5, 0.6) is 0 Å². The van der Waals surface area contributed by atoms with Gasteiger partial charge in [0.25, 0.3) is 0 Å². The molecule has 1 aromatic carbocycles. The van der Waals surface area contributed by atoms with Crippen molar-refractivity contribution < 1.29 is 8.81 Å². The van der Waals surface area contributed by atoms with Crippen molar-refractivity contribution in [3.05, 3.63) is 30.1 Å². The fourth-order valence-corrected chi connectivity index (χ4v) is 2.47. The minimum Gasteiger partial charge on any atom is -0.453 e. The molecular formula is C13H12FN3OS. The molecule has 0 atom stereocenters. The van der Waals surface area contributed by atoms with Crippen LogP contribution >= 0.6 is 11.3 Å². The van der Waals surface area contributed by atoms with Crippen LogP contribution in [0.15, 0.2) is 28.7 Å². The molecule has 1 N–H and O–H groups in total. The fourth-order valence-electron chi connectivity index (χ4n) is 1.75. The Morgan fingerprint density at radius 3 is 3.05 bits per heavy atom. The predicted molar refractivity (Wildman–Crippen MR) is 73.9 cm³/mol. The summed E-state index contributed by atoms with van der Waals surface area (Å²) in [7, 11) is 0. The SMILES string of the molecule is CCCNc1nnc(-c2cc3cc(F)ccc3o2)s1. The van der Waals surface area contributed by atoms with Crippen LogP contribution in [-0.4, -0.2) is 16.7 Å². The van der Waals surface area contributed by atoms with Crippen molar-refractivity contribution in [3.8, 4) is 10.8 Å². The lowest BCUT2D eigenvalue weighted by Gasteiger charge is -1.94. The number of hydrogen-bond acceptors (Lipinski definition) is 5. The number of halogens is 1. The van der Waals surface area contributed by atoms with Crippen LogP contribution in [0.25, 0.3) is 21.7 Å². The van der Waals surface area contributed by atoms with Gasteiger partial charge in [0.15, 0.2) is 10.8 Å². The van der Waals surface area contributed by atoms with Crippen molar-refractivity contribution in [1.82, 2.24) is 10.2 Å².